The van der Waals surface area contributed by atoms with E-state index in [9.17, 15) is 4.79 Å². The van der Waals surface area contributed by atoms with Crippen LogP contribution in [0, 0.1) is 0 Å². The van der Waals surface area contributed by atoms with Gasteiger partial charge >= 0.3 is 6.09 Å². The highest BCUT2D eigenvalue weighted by molar-refractivity contribution is 5.64. The number of carbonyl (C=O) groups excluding carboxylic acids is 1. The number of rotatable bonds is 8. The number of hydrogen-bond acceptors (Lipinski definition) is 4. The van der Waals surface area contributed by atoms with Gasteiger partial charge in [0.2, 0.25) is 0 Å². The van der Waals surface area contributed by atoms with Crippen LogP contribution in [0.15, 0.2) is 0 Å². The SMILES string of the molecule is CNCCCOCCCOC(N)=O. The number of nitrogens with one attached hydrogen (secondary N) is 1. The van der Waals surface area contributed by atoms with Crippen molar-refractivity contribution in [3.63, 3.8) is 0 Å². The Morgan fingerprint density at radius 1 is 1.31 bits per heavy atom. The molecule has 3 N–H and O–H groups in total. The Balaban J connectivity index is 2.87. The summed E-state index contributed by atoms with van der Waals surface area (Å²) in [6.45, 7) is 2.63. The third-order valence-corrected chi connectivity index (χ3v) is 1.39. The van der Waals surface area contributed by atoms with Crippen molar-refractivity contribution in [1.82, 2.24) is 5.32 Å². The maximum Gasteiger partial charge on any atom is 0.404 e. The maximum atomic E-state index is 10.1. The molecule has 0 aliphatic carbocycles. The molecule has 0 saturated carbocycles. The zero-order chi connectivity index (χ0) is 9.94. The minimum atomic E-state index is -0.727. The number of carbonyl (C=O) groups is 1. The molecule has 0 radical (unpaired) electrons. The second-order valence-electron chi connectivity index (χ2n) is 2.59. The van der Waals surface area contributed by atoms with Gasteiger partial charge in [0, 0.05) is 19.6 Å². The van der Waals surface area contributed by atoms with E-state index in [4.69, 9.17) is 10.5 Å². The molecule has 0 spiro atoms. The summed E-state index contributed by atoms with van der Waals surface area (Å²) in [7, 11) is 1.90. The van der Waals surface area contributed by atoms with Crippen molar-refractivity contribution in [2.24, 2.45) is 5.73 Å². The number of hydrogen-bond donors (Lipinski definition) is 2. The van der Waals surface area contributed by atoms with Gasteiger partial charge in [0.25, 0.3) is 0 Å². The highest BCUT2D eigenvalue weighted by Gasteiger charge is 1.93. The number of primary amides is 1. The van der Waals surface area contributed by atoms with E-state index < -0.39 is 6.09 Å². The molecule has 0 aromatic rings. The standard InChI is InChI=1S/C8H18N2O3/c1-10-4-2-5-12-6-3-7-13-8(9)11/h10H,2-7H2,1H3,(H2,9,11). The molecule has 0 aliphatic rings. The lowest BCUT2D eigenvalue weighted by Gasteiger charge is -2.03. The summed E-state index contributed by atoms with van der Waals surface area (Å²) in [5.41, 5.74) is 4.76. The van der Waals surface area contributed by atoms with Crippen molar-refractivity contribution in [3.05, 3.63) is 0 Å². The quantitative estimate of drug-likeness (QED) is 0.532. The monoisotopic (exact) mass is 190 g/mol. The van der Waals surface area contributed by atoms with Crippen LogP contribution in [-0.2, 0) is 9.47 Å². The van der Waals surface area contributed by atoms with Gasteiger partial charge in [-0.15, -0.1) is 0 Å². The summed E-state index contributed by atoms with van der Waals surface area (Å²) in [5, 5.41) is 3.02. The molecule has 78 valence electrons. The average molecular weight is 190 g/mol. The van der Waals surface area contributed by atoms with Gasteiger partial charge in [0.05, 0.1) is 6.61 Å². The predicted molar refractivity (Wildman–Crippen MR) is 49.5 cm³/mol. The van der Waals surface area contributed by atoms with Crippen molar-refractivity contribution in [2.45, 2.75) is 12.8 Å². The lowest BCUT2D eigenvalue weighted by atomic mass is 10.4. The first-order chi connectivity index (χ1) is 6.27. The average Bonchev–Trinajstić information content (AvgIpc) is 2.09. The van der Waals surface area contributed by atoms with E-state index in [1.807, 2.05) is 7.05 Å². The van der Waals surface area contributed by atoms with Crippen molar-refractivity contribution < 1.29 is 14.3 Å². The Morgan fingerprint density at radius 2 is 2.00 bits per heavy atom. The largest absolute Gasteiger partial charge is 0.450 e. The molecule has 0 heterocycles. The topological polar surface area (TPSA) is 73.6 Å². The molecule has 0 saturated heterocycles. The van der Waals surface area contributed by atoms with Gasteiger partial charge in [0.15, 0.2) is 0 Å². The second kappa shape index (κ2) is 9.28. The van der Waals surface area contributed by atoms with Crippen molar-refractivity contribution >= 4 is 6.09 Å². The molecule has 1 amide bonds. The molecule has 0 atom stereocenters. The Hall–Kier alpha value is -0.810. The molecule has 0 aromatic carbocycles. The van der Waals surface area contributed by atoms with Crippen LogP contribution in [0.1, 0.15) is 12.8 Å². The fourth-order valence-electron chi connectivity index (χ4n) is 0.787. The van der Waals surface area contributed by atoms with Gasteiger partial charge in [-0.2, -0.15) is 0 Å². The van der Waals surface area contributed by atoms with Crippen LogP contribution >= 0.6 is 0 Å². The molecule has 0 bridgehead atoms. The molecule has 0 rings (SSSR count). The van der Waals surface area contributed by atoms with Gasteiger partial charge in [-0.05, 0) is 20.0 Å². The van der Waals surface area contributed by atoms with Gasteiger partial charge < -0.3 is 20.5 Å². The molecular formula is C8H18N2O3. The first-order valence-electron chi connectivity index (χ1n) is 4.42. The first-order valence-corrected chi connectivity index (χ1v) is 4.42. The molecule has 0 unspecified atom stereocenters. The van der Waals surface area contributed by atoms with Crippen LogP contribution in [0.4, 0.5) is 4.79 Å². The third kappa shape index (κ3) is 11.2. The molecular weight excluding hydrogens is 172 g/mol. The molecule has 13 heavy (non-hydrogen) atoms. The third-order valence-electron chi connectivity index (χ3n) is 1.39. The minimum Gasteiger partial charge on any atom is -0.450 e. The van der Waals surface area contributed by atoms with Crippen LogP contribution in [0.2, 0.25) is 0 Å². The zero-order valence-electron chi connectivity index (χ0n) is 8.04. The fraction of sp³-hybridized carbons (Fsp3) is 0.875. The number of nitrogens with two attached hydrogens (primary N) is 1. The summed E-state index contributed by atoms with van der Waals surface area (Å²) in [6.07, 6.45) is 0.963. The van der Waals surface area contributed by atoms with Crippen LogP contribution in [-0.4, -0.2) is 39.5 Å². The molecule has 0 aliphatic heterocycles. The molecule has 5 heteroatoms. The highest BCUT2D eigenvalue weighted by atomic mass is 16.5. The number of ether oxygens (including phenoxy) is 2. The van der Waals surface area contributed by atoms with Crippen molar-refractivity contribution in [3.8, 4) is 0 Å². The van der Waals surface area contributed by atoms with Crippen LogP contribution < -0.4 is 11.1 Å². The van der Waals surface area contributed by atoms with Gasteiger partial charge in [-0.1, -0.05) is 0 Å². The van der Waals surface area contributed by atoms with E-state index in [0.717, 1.165) is 19.6 Å². The van der Waals surface area contributed by atoms with Crippen molar-refractivity contribution in [2.75, 3.05) is 33.4 Å². The van der Waals surface area contributed by atoms with Crippen LogP contribution in [0.5, 0.6) is 0 Å². The van der Waals surface area contributed by atoms with Crippen LogP contribution in [0.25, 0.3) is 0 Å². The Labute approximate surface area is 78.6 Å². The smallest absolute Gasteiger partial charge is 0.404 e. The number of amides is 1. The predicted octanol–water partition coefficient (Wildman–Crippen LogP) is 0.0979. The van der Waals surface area contributed by atoms with E-state index in [2.05, 4.69) is 10.1 Å². The van der Waals surface area contributed by atoms with E-state index >= 15 is 0 Å². The fourth-order valence-corrected chi connectivity index (χ4v) is 0.787. The lowest BCUT2D eigenvalue weighted by molar-refractivity contribution is 0.103. The summed E-state index contributed by atoms with van der Waals surface area (Å²) in [4.78, 5) is 10.1. The summed E-state index contributed by atoms with van der Waals surface area (Å²) < 4.78 is 9.76. The maximum absolute atomic E-state index is 10.1. The Kier molecular flexibility index (Phi) is 8.70. The summed E-state index contributed by atoms with van der Waals surface area (Å²) in [6, 6.07) is 0. The summed E-state index contributed by atoms with van der Waals surface area (Å²) in [5.74, 6) is 0. The zero-order valence-corrected chi connectivity index (χ0v) is 8.04. The second-order valence-corrected chi connectivity index (χ2v) is 2.59. The molecule has 0 fully saturated rings. The van der Waals surface area contributed by atoms with E-state index in [-0.39, 0.29) is 0 Å². The molecule has 5 nitrogen and oxygen atoms in total. The van der Waals surface area contributed by atoms with Gasteiger partial charge in [-0.3, -0.25) is 0 Å². The van der Waals surface area contributed by atoms with E-state index in [1.54, 1.807) is 0 Å². The Bertz CT molecular complexity index is 131. The first kappa shape index (κ1) is 12.2. The van der Waals surface area contributed by atoms with Gasteiger partial charge in [0.1, 0.15) is 0 Å². The van der Waals surface area contributed by atoms with Crippen molar-refractivity contribution in [1.29, 1.82) is 0 Å². The van der Waals surface area contributed by atoms with E-state index in [1.165, 1.54) is 0 Å². The Morgan fingerprint density at radius 3 is 2.62 bits per heavy atom. The van der Waals surface area contributed by atoms with E-state index in [0.29, 0.717) is 19.6 Å². The summed E-state index contributed by atoms with van der Waals surface area (Å²) >= 11 is 0. The lowest BCUT2D eigenvalue weighted by Crippen LogP contribution is -2.15. The van der Waals surface area contributed by atoms with Gasteiger partial charge in [-0.25, -0.2) is 4.79 Å². The minimum absolute atomic E-state index is 0.335. The van der Waals surface area contributed by atoms with Crippen LogP contribution in [0.3, 0.4) is 0 Å². The molecule has 0 aromatic heterocycles. The normalized spacial score (nSPS) is 9.92. The highest BCUT2D eigenvalue weighted by Crippen LogP contribution is 1.86.